The van der Waals surface area contributed by atoms with Crippen molar-refractivity contribution >= 4 is 37.5 Å². The lowest BCUT2D eigenvalue weighted by atomic mass is 10.2. The van der Waals surface area contributed by atoms with Gasteiger partial charge >= 0.3 is 0 Å². The first-order chi connectivity index (χ1) is 10.3. The van der Waals surface area contributed by atoms with Gasteiger partial charge in [-0.25, -0.2) is 13.1 Å². The second-order valence-electron chi connectivity index (χ2n) is 4.20. The molecule has 0 fully saturated rings. The molecule has 0 radical (unpaired) electrons. The molecule has 9 heteroatoms. The van der Waals surface area contributed by atoms with Crippen LogP contribution in [0.3, 0.4) is 0 Å². The number of carbonyl (C=O) groups excluding carboxylic acids is 1. The van der Waals surface area contributed by atoms with Crippen LogP contribution in [-0.2, 0) is 10.0 Å². The standard InChI is InChI=1S/C13H9BrN2O5S/c14-10-6-4-9(5-7-10)13(17)15-22(20,21)12-3-1-2-11(8-12)16(18)19/h1-8H,(H,15,17). The number of halogens is 1. The average molecular weight is 385 g/mol. The Morgan fingerprint density at radius 1 is 1.14 bits per heavy atom. The Balaban J connectivity index is 2.27. The van der Waals surface area contributed by atoms with E-state index in [-0.39, 0.29) is 16.1 Å². The van der Waals surface area contributed by atoms with Crippen molar-refractivity contribution in [2.24, 2.45) is 0 Å². The number of nitrogens with zero attached hydrogens (tertiary/aromatic N) is 1. The van der Waals surface area contributed by atoms with Crippen molar-refractivity contribution in [1.29, 1.82) is 0 Å². The first-order valence-corrected chi connectivity index (χ1v) is 8.14. The summed E-state index contributed by atoms with van der Waals surface area (Å²) in [5.74, 6) is -0.820. The summed E-state index contributed by atoms with van der Waals surface area (Å²) in [7, 11) is -4.19. The van der Waals surface area contributed by atoms with E-state index in [0.29, 0.717) is 0 Å². The van der Waals surface area contributed by atoms with Gasteiger partial charge in [0.25, 0.3) is 21.6 Å². The number of carbonyl (C=O) groups is 1. The first kappa shape index (κ1) is 16.1. The van der Waals surface area contributed by atoms with Crippen LogP contribution in [0.4, 0.5) is 5.69 Å². The Kier molecular flexibility index (Phi) is 4.57. The Morgan fingerprint density at radius 2 is 1.77 bits per heavy atom. The van der Waals surface area contributed by atoms with Crippen molar-refractivity contribution in [3.05, 3.63) is 68.7 Å². The fourth-order valence-corrected chi connectivity index (χ4v) is 2.88. The fraction of sp³-hybridized carbons (Fsp3) is 0. The van der Waals surface area contributed by atoms with Crippen LogP contribution in [0.5, 0.6) is 0 Å². The summed E-state index contributed by atoms with van der Waals surface area (Å²) in [6.07, 6.45) is 0. The number of nitro groups is 1. The van der Waals surface area contributed by atoms with Gasteiger partial charge in [0.1, 0.15) is 0 Å². The number of nitro benzene ring substituents is 1. The largest absolute Gasteiger partial charge is 0.270 e. The molecule has 1 amide bonds. The lowest BCUT2D eigenvalue weighted by molar-refractivity contribution is -0.385. The Labute approximate surface area is 134 Å². The maximum atomic E-state index is 12.1. The normalized spacial score (nSPS) is 11.0. The molecule has 0 unspecified atom stereocenters. The molecular weight excluding hydrogens is 376 g/mol. The smallest absolute Gasteiger partial charge is 0.268 e. The molecule has 7 nitrogen and oxygen atoms in total. The average Bonchev–Trinajstić information content (AvgIpc) is 2.47. The zero-order valence-electron chi connectivity index (χ0n) is 10.9. The van der Waals surface area contributed by atoms with E-state index in [1.807, 2.05) is 4.72 Å². The highest BCUT2D eigenvalue weighted by Gasteiger charge is 2.21. The number of hydrogen-bond acceptors (Lipinski definition) is 5. The molecule has 1 N–H and O–H groups in total. The van der Waals surface area contributed by atoms with Crippen molar-refractivity contribution < 1.29 is 18.1 Å². The van der Waals surface area contributed by atoms with E-state index < -0.39 is 20.9 Å². The van der Waals surface area contributed by atoms with Gasteiger partial charge in [-0.15, -0.1) is 0 Å². The molecule has 0 bridgehead atoms. The van der Waals surface area contributed by atoms with Gasteiger partial charge in [0, 0.05) is 22.2 Å². The molecule has 0 aromatic heterocycles. The van der Waals surface area contributed by atoms with E-state index >= 15 is 0 Å². The first-order valence-electron chi connectivity index (χ1n) is 5.87. The summed E-state index contributed by atoms with van der Waals surface area (Å²) >= 11 is 3.20. The molecule has 22 heavy (non-hydrogen) atoms. The molecule has 114 valence electrons. The Morgan fingerprint density at radius 3 is 2.36 bits per heavy atom. The number of nitrogens with one attached hydrogen (secondary N) is 1. The zero-order chi connectivity index (χ0) is 16.3. The lowest BCUT2D eigenvalue weighted by Crippen LogP contribution is -2.30. The van der Waals surface area contributed by atoms with Gasteiger partial charge in [0.05, 0.1) is 9.82 Å². The molecular formula is C13H9BrN2O5S. The highest BCUT2D eigenvalue weighted by atomic mass is 79.9. The van der Waals surface area contributed by atoms with Crippen molar-refractivity contribution in [2.75, 3.05) is 0 Å². The van der Waals surface area contributed by atoms with Crippen LogP contribution in [0.1, 0.15) is 10.4 Å². The van der Waals surface area contributed by atoms with Crippen LogP contribution in [0.25, 0.3) is 0 Å². The minimum atomic E-state index is -4.19. The number of hydrogen-bond donors (Lipinski definition) is 1. The maximum absolute atomic E-state index is 12.1. The summed E-state index contributed by atoms with van der Waals surface area (Å²) in [5, 5.41) is 10.7. The molecule has 0 heterocycles. The van der Waals surface area contributed by atoms with Crippen LogP contribution in [0, 0.1) is 10.1 Å². The van der Waals surface area contributed by atoms with Gasteiger partial charge in [-0.05, 0) is 30.3 Å². The zero-order valence-corrected chi connectivity index (χ0v) is 13.3. The van der Waals surface area contributed by atoms with E-state index in [4.69, 9.17) is 0 Å². The predicted octanol–water partition coefficient (Wildman–Crippen LogP) is 2.48. The number of amides is 1. The number of benzene rings is 2. The molecule has 2 rings (SSSR count). The van der Waals surface area contributed by atoms with E-state index in [1.165, 1.54) is 24.3 Å². The van der Waals surface area contributed by atoms with Gasteiger partial charge in [0.2, 0.25) is 0 Å². The van der Waals surface area contributed by atoms with Crippen molar-refractivity contribution in [1.82, 2.24) is 4.72 Å². The van der Waals surface area contributed by atoms with Crippen LogP contribution >= 0.6 is 15.9 Å². The van der Waals surface area contributed by atoms with Crippen molar-refractivity contribution in [2.45, 2.75) is 4.90 Å². The quantitative estimate of drug-likeness (QED) is 0.643. The second kappa shape index (κ2) is 6.24. The highest BCUT2D eigenvalue weighted by molar-refractivity contribution is 9.10. The van der Waals surface area contributed by atoms with E-state index in [9.17, 15) is 23.3 Å². The second-order valence-corrected chi connectivity index (χ2v) is 6.79. The monoisotopic (exact) mass is 384 g/mol. The van der Waals surface area contributed by atoms with Crippen LogP contribution < -0.4 is 4.72 Å². The SMILES string of the molecule is O=C(NS(=O)(=O)c1cccc([N+](=O)[O-])c1)c1ccc(Br)cc1. The Hall–Kier alpha value is -2.26. The molecule has 2 aromatic carbocycles. The number of rotatable bonds is 4. The van der Waals surface area contributed by atoms with Gasteiger partial charge in [-0.3, -0.25) is 14.9 Å². The predicted molar refractivity (Wildman–Crippen MR) is 81.9 cm³/mol. The molecule has 0 saturated heterocycles. The third-order valence-electron chi connectivity index (χ3n) is 2.67. The van der Waals surface area contributed by atoms with Crippen LogP contribution in [0.15, 0.2) is 57.9 Å². The van der Waals surface area contributed by atoms with Gasteiger partial charge in [-0.2, -0.15) is 0 Å². The molecule has 0 spiro atoms. The lowest BCUT2D eigenvalue weighted by Gasteiger charge is -2.07. The Bertz CT molecular complexity index is 834. The molecule has 0 aliphatic carbocycles. The molecule has 2 aromatic rings. The van der Waals surface area contributed by atoms with Crippen LogP contribution in [0.2, 0.25) is 0 Å². The third-order valence-corrected chi connectivity index (χ3v) is 4.53. The molecule has 0 aliphatic rings. The van der Waals surface area contributed by atoms with E-state index in [2.05, 4.69) is 15.9 Å². The summed E-state index contributed by atoms with van der Waals surface area (Å²) in [6, 6.07) is 10.5. The summed E-state index contributed by atoms with van der Waals surface area (Å²) in [4.78, 5) is 21.5. The minimum absolute atomic E-state index is 0.150. The number of sulfonamides is 1. The van der Waals surface area contributed by atoms with E-state index in [1.54, 1.807) is 12.1 Å². The molecule has 0 aliphatic heterocycles. The molecule has 0 saturated carbocycles. The van der Waals surface area contributed by atoms with E-state index in [0.717, 1.165) is 16.6 Å². The third kappa shape index (κ3) is 3.68. The summed E-state index contributed by atoms with van der Waals surface area (Å²) in [5.41, 5.74) is -0.226. The fourth-order valence-electron chi connectivity index (χ4n) is 1.61. The number of non-ortho nitro benzene ring substituents is 1. The minimum Gasteiger partial charge on any atom is -0.268 e. The summed E-state index contributed by atoms with van der Waals surface area (Å²) in [6.45, 7) is 0. The van der Waals surface area contributed by atoms with Crippen molar-refractivity contribution in [3.8, 4) is 0 Å². The van der Waals surface area contributed by atoms with Crippen molar-refractivity contribution in [3.63, 3.8) is 0 Å². The van der Waals surface area contributed by atoms with Crippen LogP contribution in [-0.4, -0.2) is 19.2 Å². The van der Waals surface area contributed by atoms with Gasteiger partial charge < -0.3 is 0 Å². The maximum Gasteiger partial charge on any atom is 0.270 e. The summed E-state index contributed by atoms with van der Waals surface area (Å²) < 4.78 is 26.8. The van der Waals surface area contributed by atoms with Gasteiger partial charge in [-0.1, -0.05) is 22.0 Å². The highest BCUT2D eigenvalue weighted by Crippen LogP contribution is 2.18. The topological polar surface area (TPSA) is 106 Å². The van der Waals surface area contributed by atoms with Gasteiger partial charge in [0.15, 0.2) is 0 Å². The molecule has 0 atom stereocenters.